The van der Waals surface area contributed by atoms with Crippen LogP contribution in [0.5, 0.6) is 0 Å². The number of carbonyl (C=O) groups is 1. The highest BCUT2D eigenvalue weighted by atomic mass is 16.5. The van der Waals surface area contributed by atoms with E-state index >= 15 is 0 Å². The normalized spacial score (nSPS) is 11.4. The summed E-state index contributed by atoms with van der Waals surface area (Å²) in [6.07, 6.45) is 16.6. The number of carbonyl (C=O) groups excluding carboxylic acids is 1. The molecular weight excluding hydrogens is 224 g/mol. The molecule has 0 saturated carbocycles. The molecule has 0 bridgehead atoms. The molecular formula is C16H28O2. The van der Waals surface area contributed by atoms with Gasteiger partial charge in [0.1, 0.15) is 0 Å². The predicted molar refractivity (Wildman–Crippen MR) is 77.5 cm³/mol. The number of hydrogen-bond donors (Lipinski definition) is 0. The van der Waals surface area contributed by atoms with E-state index in [0.717, 1.165) is 32.1 Å². The van der Waals surface area contributed by atoms with Crippen LogP contribution in [0.2, 0.25) is 0 Å². The van der Waals surface area contributed by atoms with Crippen LogP contribution in [-0.4, -0.2) is 12.6 Å². The summed E-state index contributed by atoms with van der Waals surface area (Å²) < 4.78 is 5.07. The first-order valence-electron chi connectivity index (χ1n) is 7.26. The first kappa shape index (κ1) is 16.9. The van der Waals surface area contributed by atoms with E-state index in [0.29, 0.717) is 13.0 Å². The molecule has 0 amide bonds. The zero-order valence-electron chi connectivity index (χ0n) is 12.0. The fourth-order valence-corrected chi connectivity index (χ4v) is 1.43. The lowest BCUT2D eigenvalue weighted by atomic mass is 10.2. The third kappa shape index (κ3) is 13.0. The van der Waals surface area contributed by atoms with E-state index in [9.17, 15) is 4.79 Å². The number of rotatable bonds is 11. The van der Waals surface area contributed by atoms with Crippen LogP contribution in [0.25, 0.3) is 0 Å². The molecule has 0 saturated heterocycles. The van der Waals surface area contributed by atoms with Crippen LogP contribution in [-0.2, 0) is 9.53 Å². The minimum atomic E-state index is -0.0732. The summed E-state index contributed by atoms with van der Waals surface area (Å²) in [7, 11) is 0. The Hall–Kier alpha value is -1.05. The molecule has 0 aromatic rings. The molecule has 0 aromatic carbocycles. The van der Waals surface area contributed by atoms with Crippen molar-refractivity contribution in [3.05, 3.63) is 24.3 Å². The lowest BCUT2D eigenvalue weighted by Gasteiger charge is -2.01. The molecule has 0 aliphatic rings. The average Bonchev–Trinajstić information content (AvgIpc) is 2.37. The monoisotopic (exact) mass is 252 g/mol. The van der Waals surface area contributed by atoms with Crippen molar-refractivity contribution in [2.45, 2.75) is 65.2 Å². The highest BCUT2D eigenvalue weighted by Gasteiger charge is 1.99. The zero-order chi connectivity index (χ0) is 13.5. The molecule has 0 spiro atoms. The standard InChI is InChI=1S/C16H28O2/c1-3-5-7-8-9-10-11-12-13-14-16(17)18-15-6-4-2/h7-8,11-12H,3-6,9-10,13-15H2,1-2H3. The molecule has 0 unspecified atom stereocenters. The molecule has 104 valence electrons. The Morgan fingerprint density at radius 2 is 1.50 bits per heavy atom. The van der Waals surface area contributed by atoms with Crippen LogP contribution < -0.4 is 0 Å². The number of esters is 1. The Bertz CT molecular complexity index is 241. The molecule has 0 rings (SSSR count). The topological polar surface area (TPSA) is 26.3 Å². The minimum Gasteiger partial charge on any atom is -0.466 e. The summed E-state index contributed by atoms with van der Waals surface area (Å²) in [5.41, 5.74) is 0. The van der Waals surface area contributed by atoms with E-state index in [1.807, 2.05) is 0 Å². The van der Waals surface area contributed by atoms with Gasteiger partial charge in [-0.15, -0.1) is 0 Å². The summed E-state index contributed by atoms with van der Waals surface area (Å²) in [4.78, 5) is 11.3. The highest BCUT2D eigenvalue weighted by molar-refractivity contribution is 5.69. The van der Waals surface area contributed by atoms with Crippen molar-refractivity contribution in [2.75, 3.05) is 6.61 Å². The van der Waals surface area contributed by atoms with Gasteiger partial charge in [-0.25, -0.2) is 0 Å². The first-order chi connectivity index (χ1) is 8.81. The van der Waals surface area contributed by atoms with Crippen molar-refractivity contribution in [3.63, 3.8) is 0 Å². The van der Waals surface area contributed by atoms with Crippen molar-refractivity contribution in [1.29, 1.82) is 0 Å². The highest BCUT2D eigenvalue weighted by Crippen LogP contribution is 2.00. The molecule has 2 heteroatoms. The molecule has 0 radical (unpaired) electrons. The fraction of sp³-hybridized carbons (Fsp3) is 0.688. The molecule has 0 heterocycles. The van der Waals surface area contributed by atoms with Crippen molar-refractivity contribution in [1.82, 2.24) is 0 Å². The van der Waals surface area contributed by atoms with E-state index in [1.165, 1.54) is 12.8 Å². The molecule has 0 aliphatic carbocycles. The van der Waals surface area contributed by atoms with Gasteiger partial charge in [-0.3, -0.25) is 4.79 Å². The van der Waals surface area contributed by atoms with Gasteiger partial charge in [0.15, 0.2) is 0 Å². The summed E-state index contributed by atoms with van der Waals surface area (Å²) >= 11 is 0. The van der Waals surface area contributed by atoms with Gasteiger partial charge in [0, 0.05) is 6.42 Å². The van der Waals surface area contributed by atoms with Gasteiger partial charge in [0.05, 0.1) is 6.61 Å². The molecule has 18 heavy (non-hydrogen) atoms. The Morgan fingerprint density at radius 3 is 2.11 bits per heavy atom. The maximum absolute atomic E-state index is 11.3. The van der Waals surface area contributed by atoms with Crippen LogP contribution in [0.15, 0.2) is 24.3 Å². The minimum absolute atomic E-state index is 0.0732. The summed E-state index contributed by atoms with van der Waals surface area (Å²) in [5, 5.41) is 0. The molecule has 0 atom stereocenters. The number of hydrogen-bond acceptors (Lipinski definition) is 2. The lowest BCUT2D eigenvalue weighted by Crippen LogP contribution is -2.04. The van der Waals surface area contributed by atoms with Crippen LogP contribution in [0.3, 0.4) is 0 Å². The van der Waals surface area contributed by atoms with Crippen LogP contribution in [0, 0.1) is 0 Å². The van der Waals surface area contributed by atoms with Crippen molar-refractivity contribution in [2.24, 2.45) is 0 Å². The summed E-state index contributed by atoms with van der Waals surface area (Å²) in [6.45, 7) is 4.84. The molecule has 0 aliphatic heterocycles. The molecule has 0 aromatic heterocycles. The van der Waals surface area contributed by atoms with E-state index < -0.39 is 0 Å². The summed E-state index contributed by atoms with van der Waals surface area (Å²) in [6, 6.07) is 0. The van der Waals surface area contributed by atoms with Crippen LogP contribution >= 0.6 is 0 Å². The van der Waals surface area contributed by atoms with E-state index in [-0.39, 0.29) is 5.97 Å². The van der Waals surface area contributed by atoms with Gasteiger partial charge >= 0.3 is 5.97 Å². The summed E-state index contributed by atoms with van der Waals surface area (Å²) in [5.74, 6) is -0.0732. The number of unbranched alkanes of at least 4 members (excludes halogenated alkanes) is 3. The third-order valence-electron chi connectivity index (χ3n) is 2.56. The van der Waals surface area contributed by atoms with Crippen molar-refractivity contribution in [3.8, 4) is 0 Å². The average molecular weight is 252 g/mol. The van der Waals surface area contributed by atoms with Gasteiger partial charge in [-0.2, -0.15) is 0 Å². The second-order valence-electron chi connectivity index (χ2n) is 4.42. The van der Waals surface area contributed by atoms with Crippen molar-refractivity contribution < 1.29 is 9.53 Å². The van der Waals surface area contributed by atoms with Crippen LogP contribution in [0.4, 0.5) is 0 Å². The van der Waals surface area contributed by atoms with Gasteiger partial charge in [-0.05, 0) is 32.1 Å². The molecule has 2 nitrogen and oxygen atoms in total. The number of ether oxygens (including phenoxy) is 1. The molecule has 0 N–H and O–H groups in total. The molecule has 0 fully saturated rings. The SMILES string of the molecule is CCCC=CCCC=CCCC(=O)OCCCC. The smallest absolute Gasteiger partial charge is 0.306 e. The van der Waals surface area contributed by atoms with Crippen LogP contribution in [0.1, 0.15) is 65.2 Å². The lowest BCUT2D eigenvalue weighted by molar-refractivity contribution is -0.143. The Balaban J connectivity index is 3.34. The van der Waals surface area contributed by atoms with E-state index in [4.69, 9.17) is 4.74 Å². The van der Waals surface area contributed by atoms with Gasteiger partial charge in [0.25, 0.3) is 0 Å². The quantitative estimate of drug-likeness (QED) is 0.300. The maximum atomic E-state index is 11.3. The van der Waals surface area contributed by atoms with E-state index in [2.05, 4.69) is 38.2 Å². The third-order valence-corrected chi connectivity index (χ3v) is 2.56. The van der Waals surface area contributed by atoms with Crippen molar-refractivity contribution >= 4 is 5.97 Å². The first-order valence-corrected chi connectivity index (χ1v) is 7.26. The Labute approximate surface area is 112 Å². The second kappa shape index (κ2) is 14.0. The predicted octanol–water partition coefficient (Wildman–Crippen LogP) is 4.80. The van der Waals surface area contributed by atoms with Gasteiger partial charge < -0.3 is 4.74 Å². The van der Waals surface area contributed by atoms with Gasteiger partial charge in [-0.1, -0.05) is 51.0 Å². The van der Waals surface area contributed by atoms with E-state index in [1.54, 1.807) is 0 Å². The second-order valence-corrected chi connectivity index (χ2v) is 4.42. The van der Waals surface area contributed by atoms with Gasteiger partial charge in [0.2, 0.25) is 0 Å². The maximum Gasteiger partial charge on any atom is 0.306 e. The Kier molecular flexibility index (Phi) is 13.2. The zero-order valence-corrected chi connectivity index (χ0v) is 12.0. The number of allylic oxidation sites excluding steroid dienone is 4. The largest absolute Gasteiger partial charge is 0.466 e. The Morgan fingerprint density at radius 1 is 0.889 bits per heavy atom. The fourth-order valence-electron chi connectivity index (χ4n) is 1.43.